The lowest BCUT2D eigenvalue weighted by Gasteiger charge is -2.20. The quantitative estimate of drug-likeness (QED) is 0.872. The molecule has 1 N–H and O–H groups in total. The molecule has 0 radical (unpaired) electrons. The highest BCUT2D eigenvalue weighted by atomic mass is 19.4. The predicted octanol–water partition coefficient (Wildman–Crippen LogP) is 4.62. The number of ether oxygens (including phenoxy) is 1. The van der Waals surface area contributed by atoms with Gasteiger partial charge in [0, 0.05) is 6.04 Å². The second-order valence-electron chi connectivity index (χ2n) is 6.15. The molecule has 1 saturated carbocycles. The van der Waals surface area contributed by atoms with Crippen LogP contribution in [0.15, 0.2) is 24.3 Å². The van der Waals surface area contributed by atoms with Crippen molar-refractivity contribution in [3.8, 4) is 5.75 Å². The van der Waals surface area contributed by atoms with Crippen LogP contribution in [0.1, 0.15) is 33.1 Å². The Bertz CT molecular complexity index is 457. The van der Waals surface area contributed by atoms with Gasteiger partial charge in [-0.1, -0.05) is 26.0 Å². The maximum absolute atomic E-state index is 12.2. The first-order valence-corrected chi connectivity index (χ1v) is 6.80. The number of nitrogens with one attached hydrogen (secondary N) is 1. The number of alkyl halides is 3. The summed E-state index contributed by atoms with van der Waals surface area (Å²) in [5.41, 5.74) is 0.929. The van der Waals surface area contributed by atoms with Gasteiger partial charge < -0.3 is 10.1 Å². The van der Waals surface area contributed by atoms with Crippen LogP contribution in [0.5, 0.6) is 5.75 Å². The van der Waals surface area contributed by atoms with Crippen molar-refractivity contribution in [2.24, 2.45) is 5.41 Å². The molecule has 0 saturated heterocycles. The van der Waals surface area contributed by atoms with E-state index in [9.17, 15) is 13.2 Å². The molecule has 0 bridgehead atoms. The SMILES string of the molecule is CC1(C)CCC(Nc2ccccc2OCC(F)(F)F)C1. The lowest BCUT2D eigenvalue weighted by atomic mass is 9.92. The molecule has 2 rings (SSSR count). The number of benzene rings is 1. The van der Waals surface area contributed by atoms with Crippen molar-refractivity contribution >= 4 is 5.69 Å². The molecule has 2 nitrogen and oxygen atoms in total. The summed E-state index contributed by atoms with van der Waals surface area (Å²) in [6, 6.07) is 7.09. The highest BCUT2D eigenvalue weighted by molar-refractivity contribution is 5.56. The molecule has 1 atom stereocenters. The van der Waals surface area contributed by atoms with Gasteiger partial charge in [-0.2, -0.15) is 13.2 Å². The number of hydrogen-bond acceptors (Lipinski definition) is 2. The molecular formula is C15H20F3NO. The average Bonchev–Trinajstić information content (AvgIpc) is 2.66. The molecule has 112 valence electrons. The minimum absolute atomic E-state index is 0.259. The smallest absolute Gasteiger partial charge is 0.422 e. The van der Waals surface area contributed by atoms with E-state index in [4.69, 9.17) is 4.74 Å². The van der Waals surface area contributed by atoms with Crippen LogP contribution in [-0.4, -0.2) is 18.8 Å². The Morgan fingerprint density at radius 1 is 1.30 bits per heavy atom. The molecule has 0 heterocycles. The van der Waals surface area contributed by atoms with Gasteiger partial charge >= 0.3 is 6.18 Å². The fourth-order valence-electron chi connectivity index (χ4n) is 2.65. The van der Waals surface area contributed by atoms with Crippen LogP contribution in [0.25, 0.3) is 0 Å². The molecule has 0 aliphatic heterocycles. The lowest BCUT2D eigenvalue weighted by molar-refractivity contribution is -0.153. The van der Waals surface area contributed by atoms with Crippen molar-refractivity contribution in [1.29, 1.82) is 0 Å². The van der Waals surface area contributed by atoms with Gasteiger partial charge in [0.25, 0.3) is 0 Å². The normalized spacial score (nSPS) is 21.8. The second-order valence-corrected chi connectivity index (χ2v) is 6.15. The maximum Gasteiger partial charge on any atom is 0.422 e. The van der Waals surface area contributed by atoms with Gasteiger partial charge in [-0.3, -0.25) is 0 Å². The summed E-state index contributed by atoms with van der Waals surface area (Å²) in [6.07, 6.45) is -1.15. The zero-order valence-corrected chi connectivity index (χ0v) is 11.8. The molecule has 1 aromatic rings. The van der Waals surface area contributed by atoms with Gasteiger partial charge in [0.2, 0.25) is 0 Å². The van der Waals surface area contributed by atoms with E-state index in [2.05, 4.69) is 19.2 Å². The van der Waals surface area contributed by atoms with Crippen LogP contribution < -0.4 is 10.1 Å². The van der Waals surface area contributed by atoms with Crippen molar-refractivity contribution in [2.75, 3.05) is 11.9 Å². The van der Waals surface area contributed by atoms with Crippen molar-refractivity contribution in [2.45, 2.75) is 45.3 Å². The summed E-state index contributed by atoms with van der Waals surface area (Å²) in [5.74, 6) is 0.259. The minimum Gasteiger partial charge on any atom is -0.482 e. The third-order valence-corrected chi connectivity index (χ3v) is 3.61. The first kappa shape index (κ1) is 15.0. The van der Waals surface area contributed by atoms with Crippen LogP contribution in [0, 0.1) is 5.41 Å². The van der Waals surface area contributed by atoms with Crippen molar-refractivity contribution < 1.29 is 17.9 Å². The third-order valence-electron chi connectivity index (χ3n) is 3.61. The lowest BCUT2D eigenvalue weighted by Crippen LogP contribution is -2.21. The highest BCUT2D eigenvalue weighted by Gasteiger charge is 2.32. The van der Waals surface area contributed by atoms with Crippen LogP contribution in [0.3, 0.4) is 0 Å². The summed E-state index contributed by atoms with van der Waals surface area (Å²) >= 11 is 0. The maximum atomic E-state index is 12.2. The molecule has 5 heteroatoms. The van der Waals surface area contributed by atoms with E-state index in [1.165, 1.54) is 0 Å². The molecule has 0 aromatic heterocycles. The Labute approximate surface area is 117 Å². The van der Waals surface area contributed by atoms with Crippen molar-refractivity contribution in [3.63, 3.8) is 0 Å². The van der Waals surface area contributed by atoms with Gasteiger partial charge in [0.05, 0.1) is 5.69 Å². The Balaban J connectivity index is 2.01. The summed E-state index contributed by atoms with van der Waals surface area (Å²) in [4.78, 5) is 0. The molecule has 1 unspecified atom stereocenters. The molecular weight excluding hydrogens is 267 g/mol. The minimum atomic E-state index is -4.32. The first-order chi connectivity index (χ1) is 9.25. The van der Waals surface area contributed by atoms with E-state index in [0.29, 0.717) is 17.1 Å². The molecule has 0 spiro atoms. The summed E-state index contributed by atoms with van der Waals surface area (Å²) in [7, 11) is 0. The largest absolute Gasteiger partial charge is 0.482 e. The zero-order chi connectivity index (χ0) is 14.8. The molecule has 1 fully saturated rings. The Hall–Kier alpha value is -1.39. The van der Waals surface area contributed by atoms with Gasteiger partial charge in [0.1, 0.15) is 5.75 Å². The van der Waals surface area contributed by atoms with E-state index < -0.39 is 12.8 Å². The monoisotopic (exact) mass is 287 g/mol. The van der Waals surface area contributed by atoms with Crippen LogP contribution >= 0.6 is 0 Å². The van der Waals surface area contributed by atoms with Gasteiger partial charge in [0.15, 0.2) is 6.61 Å². The highest BCUT2D eigenvalue weighted by Crippen LogP contribution is 2.39. The number of anilines is 1. The Kier molecular flexibility index (Phi) is 4.16. The van der Waals surface area contributed by atoms with Gasteiger partial charge in [-0.25, -0.2) is 0 Å². The number of halogens is 3. The molecule has 20 heavy (non-hydrogen) atoms. The van der Waals surface area contributed by atoms with Crippen molar-refractivity contribution in [1.82, 2.24) is 0 Å². The summed E-state index contributed by atoms with van der Waals surface area (Å²) < 4.78 is 41.6. The average molecular weight is 287 g/mol. The van der Waals surface area contributed by atoms with Crippen molar-refractivity contribution in [3.05, 3.63) is 24.3 Å². The number of hydrogen-bond donors (Lipinski definition) is 1. The predicted molar refractivity (Wildman–Crippen MR) is 73.0 cm³/mol. The zero-order valence-electron chi connectivity index (χ0n) is 11.8. The fraction of sp³-hybridized carbons (Fsp3) is 0.600. The van der Waals surface area contributed by atoms with Crippen LogP contribution in [0.4, 0.5) is 18.9 Å². The topological polar surface area (TPSA) is 21.3 Å². The summed E-state index contributed by atoms with van der Waals surface area (Å²) in [5, 5.41) is 3.31. The second kappa shape index (κ2) is 5.54. The van der Waals surface area contributed by atoms with E-state index in [0.717, 1.165) is 19.3 Å². The van der Waals surface area contributed by atoms with E-state index in [1.807, 2.05) is 0 Å². The summed E-state index contributed by atoms with van der Waals surface area (Å²) in [6.45, 7) is 3.16. The van der Waals surface area contributed by atoms with E-state index in [-0.39, 0.29) is 5.75 Å². The first-order valence-electron chi connectivity index (χ1n) is 6.80. The molecule has 1 aliphatic carbocycles. The van der Waals surface area contributed by atoms with Gasteiger partial charge in [-0.15, -0.1) is 0 Å². The standard InChI is InChI=1S/C15H20F3NO/c1-14(2)8-7-11(9-14)19-12-5-3-4-6-13(12)20-10-15(16,17)18/h3-6,11,19H,7-10H2,1-2H3. The van der Waals surface area contributed by atoms with E-state index >= 15 is 0 Å². The van der Waals surface area contributed by atoms with Gasteiger partial charge in [-0.05, 0) is 36.8 Å². The number of rotatable bonds is 4. The Morgan fingerprint density at radius 3 is 2.60 bits per heavy atom. The molecule has 0 amide bonds. The third kappa shape index (κ3) is 4.32. The van der Waals surface area contributed by atoms with Crippen LogP contribution in [-0.2, 0) is 0 Å². The number of para-hydroxylation sites is 2. The van der Waals surface area contributed by atoms with Crippen LogP contribution in [0.2, 0.25) is 0 Å². The molecule has 1 aromatic carbocycles. The fourth-order valence-corrected chi connectivity index (χ4v) is 2.65. The molecule has 1 aliphatic rings. The van der Waals surface area contributed by atoms with E-state index in [1.54, 1.807) is 24.3 Å². The Morgan fingerprint density at radius 2 is 2.00 bits per heavy atom.